The number of ether oxygens (including phenoxy) is 1. The van der Waals surface area contributed by atoms with Crippen LogP contribution in [0, 0.1) is 17.3 Å². The van der Waals surface area contributed by atoms with E-state index < -0.39 is 0 Å². The first kappa shape index (κ1) is 16.9. The Morgan fingerprint density at radius 3 is 2.21 bits per heavy atom. The fourth-order valence-electron chi connectivity index (χ4n) is 3.50. The maximum absolute atomic E-state index is 6.01. The third kappa shape index (κ3) is 5.05. The highest BCUT2D eigenvalue weighted by Crippen LogP contribution is 2.41. The average molecular weight is 270 g/mol. The molecule has 1 fully saturated rings. The zero-order valence-corrected chi connectivity index (χ0v) is 13.6. The number of hydrogen-bond donors (Lipinski definition) is 1. The summed E-state index contributed by atoms with van der Waals surface area (Å²) in [6.45, 7) is 9.68. The van der Waals surface area contributed by atoms with Crippen molar-refractivity contribution in [1.82, 2.24) is 4.90 Å². The lowest BCUT2D eigenvalue weighted by Crippen LogP contribution is -2.46. The predicted molar refractivity (Wildman–Crippen MR) is 82.3 cm³/mol. The second-order valence-electron chi connectivity index (χ2n) is 7.25. The average Bonchev–Trinajstić information content (AvgIpc) is 2.37. The molecule has 0 aromatic carbocycles. The van der Waals surface area contributed by atoms with Crippen molar-refractivity contribution in [3.05, 3.63) is 0 Å². The number of likely N-dealkylation sites (N-methyl/N-ethyl adjacent to an activating group) is 1. The first-order valence-electron chi connectivity index (χ1n) is 7.79. The Kier molecular flexibility index (Phi) is 6.78. The van der Waals surface area contributed by atoms with E-state index in [-0.39, 0.29) is 0 Å². The van der Waals surface area contributed by atoms with E-state index >= 15 is 0 Å². The highest BCUT2D eigenvalue weighted by atomic mass is 16.5. The summed E-state index contributed by atoms with van der Waals surface area (Å²) >= 11 is 0. The topological polar surface area (TPSA) is 38.5 Å². The molecule has 0 bridgehead atoms. The summed E-state index contributed by atoms with van der Waals surface area (Å²) in [4.78, 5) is 2.39. The standard InChI is InChI=1S/C16H34N2O/c1-16(2,3)14-8-6-13(7-9-14)15(12-17)18(4)10-11-19-5/h13-15H,6-12,17H2,1-5H3. The zero-order chi connectivity index (χ0) is 14.5. The van der Waals surface area contributed by atoms with Crippen molar-refractivity contribution in [2.75, 3.05) is 33.9 Å². The van der Waals surface area contributed by atoms with Gasteiger partial charge >= 0.3 is 0 Å². The SMILES string of the molecule is COCCN(C)C(CN)C1CCC(C(C)(C)C)CC1. The molecule has 1 saturated carbocycles. The minimum Gasteiger partial charge on any atom is -0.383 e. The quantitative estimate of drug-likeness (QED) is 0.806. The Labute approximate surface area is 119 Å². The van der Waals surface area contributed by atoms with E-state index in [1.165, 1.54) is 25.7 Å². The van der Waals surface area contributed by atoms with Crippen LogP contribution in [0.15, 0.2) is 0 Å². The van der Waals surface area contributed by atoms with Crippen LogP contribution >= 0.6 is 0 Å². The lowest BCUT2D eigenvalue weighted by molar-refractivity contribution is 0.0775. The number of methoxy groups -OCH3 is 1. The molecule has 1 unspecified atom stereocenters. The molecule has 0 radical (unpaired) electrons. The summed E-state index contributed by atoms with van der Waals surface area (Å²) in [7, 11) is 3.95. The molecule has 1 aliphatic carbocycles. The molecule has 0 aromatic heterocycles. The van der Waals surface area contributed by atoms with Gasteiger partial charge < -0.3 is 10.5 Å². The number of rotatable bonds is 6. The van der Waals surface area contributed by atoms with Crippen LogP contribution in [0.2, 0.25) is 0 Å². The van der Waals surface area contributed by atoms with Crippen LogP contribution in [0.5, 0.6) is 0 Å². The summed E-state index contributed by atoms with van der Waals surface area (Å²) < 4.78 is 5.17. The van der Waals surface area contributed by atoms with Crippen LogP contribution in [-0.2, 0) is 4.74 Å². The third-order valence-corrected chi connectivity index (χ3v) is 5.00. The Hall–Kier alpha value is -0.120. The van der Waals surface area contributed by atoms with Crippen molar-refractivity contribution in [2.24, 2.45) is 23.0 Å². The van der Waals surface area contributed by atoms with Gasteiger partial charge in [0.1, 0.15) is 0 Å². The molecule has 1 aliphatic rings. The molecule has 1 rings (SSSR count). The maximum Gasteiger partial charge on any atom is 0.0589 e. The van der Waals surface area contributed by atoms with Gasteiger partial charge in [-0.1, -0.05) is 20.8 Å². The van der Waals surface area contributed by atoms with Gasteiger partial charge in [-0.25, -0.2) is 0 Å². The first-order chi connectivity index (χ1) is 8.90. The molecule has 0 saturated heterocycles. The molecule has 0 heterocycles. The normalized spacial score (nSPS) is 26.7. The van der Waals surface area contributed by atoms with E-state index in [0.29, 0.717) is 11.5 Å². The lowest BCUT2D eigenvalue weighted by Gasteiger charge is -2.41. The summed E-state index contributed by atoms with van der Waals surface area (Å²) in [6, 6.07) is 0.524. The van der Waals surface area contributed by atoms with E-state index in [1.54, 1.807) is 7.11 Å². The van der Waals surface area contributed by atoms with Crippen LogP contribution in [0.25, 0.3) is 0 Å². The predicted octanol–water partition coefficient (Wildman–Crippen LogP) is 2.74. The monoisotopic (exact) mass is 270 g/mol. The van der Waals surface area contributed by atoms with Crippen LogP contribution < -0.4 is 5.73 Å². The second-order valence-corrected chi connectivity index (χ2v) is 7.25. The van der Waals surface area contributed by atoms with Gasteiger partial charge in [-0.2, -0.15) is 0 Å². The largest absolute Gasteiger partial charge is 0.383 e. The highest BCUT2D eigenvalue weighted by molar-refractivity contribution is 4.86. The minimum absolute atomic E-state index is 0.463. The van der Waals surface area contributed by atoms with Gasteiger partial charge in [0.05, 0.1) is 6.61 Å². The highest BCUT2D eigenvalue weighted by Gasteiger charge is 2.33. The van der Waals surface area contributed by atoms with Gasteiger partial charge in [-0.05, 0) is 50.0 Å². The summed E-state index contributed by atoms with van der Waals surface area (Å²) in [5, 5.41) is 0. The molecule has 114 valence electrons. The number of nitrogens with two attached hydrogens (primary N) is 1. The third-order valence-electron chi connectivity index (χ3n) is 5.00. The Morgan fingerprint density at radius 1 is 1.21 bits per heavy atom. The van der Waals surface area contributed by atoms with Crippen molar-refractivity contribution >= 4 is 0 Å². The minimum atomic E-state index is 0.463. The van der Waals surface area contributed by atoms with Crippen molar-refractivity contribution in [2.45, 2.75) is 52.5 Å². The Balaban J connectivity index is 2.47. The van der Waals surface area contributed by atoms with E-state index in [2.05, 4.69) is 32.7 Å². The molecule has 0 amide bonds. The fraction of sp³-hybridized carbons (Fsp3) is 1.00. The summed E-state index contributed by atoms with van der Waals surface area (Å²) in [6.07, 6.45) is 5.40. The number of hydrogen-bond acceptors (Lipinski definition) is 3. The first-order valence-corrected chi connectivity index (χ1v) is 7.79. The number of nitrogens with zero attached hydrogens (tertiary/aromatic N) is 1. The van der Waals surface area contributed by atoms with Crippen LogP contribution in [0.1, 0.15) is 46.5 Å². The van der Waals surface area contributed by atoms with E-state index in [1.807, 2.05) is 0 Å². The molecule has 0 spiro atoms. The maximum atomic E-state index is 6.01. The molecule has 2 N–H and O–H groups in total. The van der Waals surface area contributed by atoms with Gasteiger partial charge in [0.25, 0.3) is 0 Å². The molecule has 19 heavy (non-hydrogen) atoms. The van der Waals surface area contributed by atoms with Crippen LogP contribution in [0.4, 0.5) is 0 Å². The summed E-state index contributed by atoms with van der Waals surface area (Å²) in [5.74, 6) is 1.65. The zero-order valence-electron chi connectivity index (χ0n) is 13.6. The molecule has 0 aromatic rings. The molecule has 1 atom stereocenters. The second kappa shape index (κ2) is 7.61. The van der Waals surface area contributed by atoms with Gasteiger partial charge in [0.15, 0.2) is 0 Å². The smallest absolute Gasteiger partial charge is 0.0589 e. The fourth-order valence-corrected chi connectivity index (χ4v) is 3.50. The van der Waals surface area contributed by atoms with Crippen molar-refractivity contribution in [3.8, 4) is 0 Å². The lowest BCUT2D eigenvalue weighted by atomic mass is 9.68. The molecular formula is C16H34N2O. The molecular weight excluding hydrogens is 236 g/mol. The van der Waals surface area contributed by atoms with Crippen molar-refractivity contribution in [1.29, 1.82) is 0 Å². The van der Waals surface area contributed by atoms with Gasteiger partial charge in [0, 0.05) is 26.2 Å². The van der Waals surface area contributed by atoms with E-state index in [4.69, 9.17) is 10.5 Å². The van der Waals surface area contributed by atoms with Crippen molar-refractivity contribution in [3.63, 3.8) is 0 Å². The molecule has 0 aliphatic heterocycles. The van der Waals surface area contributed by atoms with Gasteiger partial charge in [-0.15, -0.1) is 0 Å². The molecule has 3 nitrogen and oxygen atoms in total. The van der Waals surface area contributed by atoms with Gasteiger partial charge in [-0.3, -0.25) is 4.90 Å². The van der Waals surface area contributed by atoms with E-state index in [9.17, 15) is 0 Å². The van der Waals surface area contributed by atoms with E-state index in [0.717, 1.165) is 31.5 Å². The van der Waals surface area contributed by atoms with Crippen LogP contribution in [-0.4, -0.2) is 44.8 Å². The summed E-state index contributed by atoms with van der Waals surface area (Å²) in [5.41, 5.74) is 6.48. The molecule has 3 heteroatoms. The van der Waals surface area contributed by atoms with Crippen LogP contribution in [0.3, 0.4) is 0 Å². The van der Waals surface area contributed by atoms with Crippen molar-refractivity contribution < 1.29 is 4.74 Å². The van der Waals surface area contributed by atoms with Gasteiger partial charge in [0.2, 0.25) is 0 Å². The Bertz CT molecular complexity index is 242. The Morgan fingerprint density at radius 2 is 1.79 bits per heavy atom.